The summed E-state index contributed by atoms with van der Waals surface area (Å²) < 4.78 is 0. The molecular weight excluding hydrogens is 458 g/mol. The lowest BCUT2D eigenvalue weighted by Gasteiger charge is -2.24. The van der Waals surface area contributed by atoms with Gasteiger partial charge in [0.25, 0.3) is 11.8 Å². The molecule has 0 unspecified atom stereocenters. The van der Waals surface area contributed by atoms with Crippen LogP contribution >= 0.6 is 11.8 Å². The van der Waals surface area contributed by atoms with E-state index < -0.39 is 0 Å². The highest BCUT2D eigenvalue weighted by Gasteiger charge is 2.32. The lowest BCUT2D eigenvalue weighted by molar-refractivity contribution is -0.128. The van der Waals surface area contributed by atoms with E-state index in [4.69, 9.17) is 0 Å². The highest BCUT2D eigenvalue weighted by molar-refractivity contribution is 8.00. The number of anilines is 1. The van der Waals surface area contributed by atoms with Crippen molar-refractivity contribution in [3.05, 3.63) is 101 Å². The Morgan fingerprint density at radius 2 is 1.63 bits per heavy atom. The second kappa shape index (κ2) is 11.2. The van der Waals surface area contributed by atoms with E-state index in [1.54, 1.807) is 48.2 Å². The van der Waals surface area contributed by atoms with Crippen molar-refractivity contribution in [1.29, 1.82) is 0 Å². The van der Waals surface area contributed by atoms with Crippen LogP contribution in [0.25, 0.3) is 0 Å². The van der Waals surface area contributed by atoms with Gasteiger partial charge in [-0.1, -0.05) is 68.4 Å². The molecule has 0 spiro atoms. The van der Waals surface area contributed by atoms with Gasteiger partial charge in [0.15, 0.2) is 0 Å². The van der Waals surface area contributed by atoms with Crippen LogP contribution in [0.2, 0.25) is 0 Å². The van der Waals surface area contributed by atoms with Crippen LogP contribution in [-0.4, -0.2) is 34.9 Å². The van der Waals surface area contributed by atoms with E-state index in [1.165, 1.54) is 0 Å². The fourth-order valence-electron chi connectivity index (χ4n) is 3.86. The predicted octanol–water partition coefficient (Wildman–Crippen LogP) is 5.10. The van der Waals surface area contributed by atoms with Crippen LogP contribution in [0.15, 0.2) is 78.9 Å². The molecule has 4 rings (SSSR count). The van der Waals surface area contributed by atoms with Crippen molar-refractivity contribution in [2.24, 2.45) is 5.92 Å². The highest BCUT2D eigenvalue weighted by Crippen LogP contribution is 2.39. The summed E-state index contributed by atoms with van der Waals surface area (Å²) in [6.07, 6.45) is 0. The molecule has 1 aliphatic heterocycles. The number of rotatable bonds is 8. The van der Waals surface area contributed by atoms with Gasteiger partial charge in [0.05, 0.1) is 17.0 Å². The average Bonchev–Trinajstić information content (AvgIpc) is 3.23. The van der Waals surface area contributed by atoms with Crippen molar-refractivity contribution in [3.8, 4) is 0 Å². The summed E-state index contributed by atoms with van der Waals surface area (Å²) in [5.41, 5.74) is 3.43. The van der Waals surface area contributed by atoms with Crippen LogP contribution in [0.1, 0.15) is 51.1 Å². The van der Waals surface area contributed by atoms with Gasteiger partial charge in [0, 0.05) is 18.7 Å². The first-order chi connectivity index (χ1) is 16.9. The van der Waals surface area contributed by atoms with E-state index in [-0.39, 0.29) is 23.1 Å². The Hall–Kier alpha value is -3.58. The third-order valence-electron chi connectivity index (χ3n) is 5.71. The number of benzene rings is 3. The minimum Gasteiger partial charge on any atom is -0.352 e. The zero-order valence-corrected chi connectivity index (χ0v) is 20.7. The van der Waals surface area contributed by atoms with Crippen molar-refractivity contribution < 1.29 is 14.4 Å². The number of para-hydroxylation sites is 1. The molecule has 6 nitrogen and oxygen atoms in total. The fraction of sp³-hybridized carbons (Fsp3) is 0.250. The number of thioether (sulfide) groups is 1. The summed E-state index contributed by atoms with van der Waals surface area (Å²) in [4.78, 5) is 39.9. The van der Waals surface area contributed by atoms with Crippen molar-refractivity contribution in [1.82, 2.24) is 10.2 Å². The van der Waals surface area contributed by atoms with Crippen molar-refractivity contribution in [2.45, 2.75) is 25.8 Å². The number of hydrogen-bond acceptors (Lipinski definition) is 4. The Labute approximate surface area is 210 Å². The first kappa shape index (κ1) is 24.5. The summed E-state index contributed by atoms with van der Waals surface area (Å²) in [6, 6.07) is 24.2. The third-order valence-corrected chi connectivity index (χ3v) is 6.97. The van der Waals surface area contributed by atoms with Gasteiger partial charge < -0.3 is 15.5 Å². The quantitative estimate of drug-likeness (QED) is 0.463. The van der Waals surface area contributed by atoms with Gasteiger partial charge in [0.2, 0.25) is 5.91 Å². The average molecular weight is 488 g/mol. The Kier molecular flexibility index (Phi) is 7.87. The normalized spacial score (nSPS) is 15.3. The van der Waals surface area contributed by atoms with Crippen LogP contribution in [-0.2, 0) is 11.3 Å². The molecular formula is C28H29N3O3S. The molecule has 3 aromatic rings. The van der Waals surface area contributed by atoms with Gasteiger partial charge in [-0.2, -0.15) is 0 Å². The van der Waals surface area contributed by atoms with E-state index in [2.05, 4.69) is 10.6 Å². The molecule has 180 valence electrons. The van der Waals surface area contributed by atoms with Crippen molar-refractivity contribution >= 4 is 35.2 Å². The van der Waals surface area contributed by atoms with Crippen LogP contribution in [0, 0.1) is 5.92 Å². The molecule has 0 radical (unpaired) electrons. The smallest absolute Gasteiger partial charge is 0.255 e. The number of carbonyl (C=O) groups is 3. The summed E-state index contributed by atoms with van der Waals surface area (Å²) in [7, 11) is 0. The molecule has 1 heterocycles. The van der Waals surface area contributed by atoms with Crippen molar-refractivity contribution in [3.63, 3.8) is 0 Å². The zero-order valence-electron chi connectivity index (χ0n) is 19.9. The van der Waals surface area contributed by atoms with Gasteiger partial charge >= 0.3 is 0 Å². The number of carbonyl (C=O) groups excluding carboxylic acids is 3. The SMILES string of the molecule is CC(C)CNC(=O)c1ccccc1NC(=O)c1ccc([C@H]2SCC(=O)N2Cc2ccccc2)cc1. The summed E-state index contributed by atoms with van der Waals surface area (Å²) in [5, 5.41) is 5.66. The van der Waals surface area contributed by atoms with Crippen LogP contribution < -0.4 is 10.6 Å². The summed E-state index contributed by atoms with van der Waals surface area (Å²) in [6.45, 7) is 5.16. The summed E-state index contributed by atoms with van der Waals surface area (Å²) in [5.74, 6) is 0.368. The maximum Gasteiger partial charge on any atom is 0.255 e. The molecule has 1 saturated heterocycles. The van der Waals surface area contributed by atoms with Gasteiger partial charge in [-0.05, 0) is 41.3 Å². The Morgan fingerprint density at radius 1 is 0.943 bits per heavy atom. The number of nitrogens with zero attached hydrogens (tertiary/aromatic N) is 1. The van der Waals surface area contributed by atoms with E-state index in [9.17, 15) is 14.4 Å². The minimum atomic E-state index is -0.294. The predicted molar refractivity (Wildman–Crippen MR) is 140 cm³/mol. The molecule has 1 atom stereocenters. The maximum absolute atomic E-state index is 12.9. The summed E-state index contributed by atoms with van der Waals surface area (Å²) >= 11 is 1.59. The molecule has 1 fully saturated rings. The molecule has 0 aromatic heterocycles. The highest BCUT2D eigenvalue weighted by atomic mass is 32.2. The molecule has 7 heteroatoms. The molecule has 1 aliphatic rings. The largest absolute Gasteiger partial charge is 0.352 e. The van der Waals surface area contributed by atoms with Gasteiger partial charge in [-0.15, -0.1) is 11.8 Å². The Bertz CT molecular complexity index is 1200. The van der Waals surface area contributed by atoms with Gasteiger partial charge in [-0.3, -0.25) is 14.4 Å². The lowest BCUT2D eigenvalue weighted by Crippen LogP contribution is -2.28. The monoisotopic (exact) mass is 487 g/mol. The van der Waals surface area contributed by atoms with E-state index in [0.717, 1.165) is 11.1 Å². The second-order valence-corrected chi connectivity index (χ2v) is 9.96. The van der Waals surface area contributed by atoms with Gasteiger partial charge in [-0.25, -0.2) is 0 Å². The van der Waals surface area contributed by atoms with E-state index in [1.807, 2.05) is 61.2 Å². The molecule has 3 amide bonds. The second-order valence-electron chi connectivity index (χ2n) is 8.90. The van der Waals surface area contributed by atoms with E-state index in [0.29, 0.717) is 41.6 Å². The fourth-order valence-corrected chi connectivity index (χ4v) is 5.04. The van der Waals surface area contributed by atoms with Crippen LogP contribution in [0.5, 0.6) is 0 Å². The lowest BCUT2D eigenvalue weighted by atomic mass is 10.1. The van der Waals surface area contributed by atoms with E-state index >= 15 is 0 Å². The van der Waals surface area contributed by atoms with Crippen LogP contribution in [0.4, 0.5) is 5.69 Å². The molecule has 0 saturated carbocycles. The Balaban J connectivity index is 1.45. The molecule has 2 N–H and O–H groups in total. The number of nitrogens with one attached hydrogen (secondary N) is 2. The minimum absolute atomic E-state index is 0.0924. The standard InChI is InChI=1S/C28H29N3O3S/c1-19(2)16-29-27(34)23-10-6-7-11-24(23)30-26(33)21-12-14-22(15-13-21)28-31(25(32)18-35-28)17-20-8-4-3-5-9-20/h3-15,19,28H,16-18H2,1-2H3,(H,29,34)(H,30,33)/t28-/m1/s1. The molecule has 3 aromatic carbocycles. The number of amides is 3. The number of hydrogen-bond donors (Lipinski definition) is 2. The first-order valence-corrected chi connectivity index (χ1v) is 12.7. The van der Waals surface area contributed by atoms with Crippen molar-refractivity contribution in [2.75, 3.05) is 17.6 Å². The topological polar surface area (TPSA) is 78.5 Å². The Morgan fingerprint density at radius 3 is 2.34 bits per heavy atom. The zero-order chi connectivity index (χ0) is 24.8. The molecule has 35 heavy (non-hydrogen) atoms. The van der Waals surface area contributed by atoms with Gasteiger partial charge in [0.1, 0.15) is 5.37 Å². The third kappa shape index (κ3) is 6.11. The molecule has 0 aliphatic carbocycles. The maximum atomic E-state index is 12.9. The molecule has 0 bridgehead atoms. The first-order valence-electron chi connectivity index (χ1n) is 11.7. The van der Waals surface area contributed by atoms with Crippen LogP contribution in [0.3, 0.4) is 0 Å².